The molecule has 6 heteroatoms. The first-order valence-electron chi connectivity index (χ1n) is 6.35. The van der Waals surface area contributed by atoms with Crippen molar-refractivity contribution in [2.24, 2.45) is 0 Å². The zero-order valence-corrected chi connectivity index (χ0v) is 12.4. The molecule has 0 saturated carbocycles. The van der Waals surface area contributed by atoms with Crippen LogP contribution in [0.3, 0.4) is 0 Å². The van der Waals surface area contributed by atoms with Gasteiger partial charge in [0.2, 0.25) is 5.91 Å². The van der Waals surface area contributed by atoms with Crippen LogP contribution in [-0.2, 0) is 16.1 Å². The van der Waals surface area contributed by atoms with Crippen LogP contribution in [0.2, 0.25) is 5.02 Å². The summed E-state index contributed by atoms with van der Waals surface area (Å²) >= 11 is 5.78. The standard InChI is InChI=1S/C14H19ClN2O3/c1-10(2)17(9-14(19)20)8-13(18)16-7-11-3-5-12(15)6-4-11/h3-6,10H,7-9H2,1-2H3,(H,16,18)(H,19,20). The first kappa shape index (κ1) is 16.5. The van der Waals surface area contributed by atoms with Crippen LogP contribution in [0.4, 0.5) is 0 Å². The molecular formula is C14H19ClN2O3. The second kappa shape index (κ2) is 7.87. The maximum absolute atomic E-state index is 11.8. The Morgan fingerprint density at radius 1 is 1.25 bits per heavy atom. The predicted octanol–water partition coefficient (Wildman–Crippen LogP) is 1.75. The summed E-state index contributed by atoms with van der Waals surface area (Å²) in [6, 6.07) is 7.18. The summed E-state index contributed by atoms with van der Waals surface area (Å²) < 4.78 is 0. The average molecular weight is 299 g/mol. The first-order valence-corrected chi connectivity index (χ1v) is 6.73. The molecule has 1 amide bonds. The Bertz CT molecular complexity index is 460. The molecule has 0 unspecified atom stereocenters. The van der Waals surface area contributed by atoms with Crippen LogP contribution in [0, 0.1) is 0 Å². The Kier molecular flexibility index (Phi) is 6.48. The minimum atomic E-state index is -0.941. The number of benzene rings is 1. The molecule has 0 saturated heterocycles. The molecular weight excluding hydrogens is 280 g/mol. The van der Waals surface area contributed by atoms with Crippen LogP contribution in [-0.4, -0.2) is 41.0 Å². The van der Waals surface area contributed by atoms with Gasteiger partial charge in [-0.1, -0.05) is 23.7 Å². The molecule has 5 nitrogen and oxygen atoms in total. The molecule has 0 heterocycles. The van der Waals surface area contributed by atoms with Crippen LogP contribution >= 0.6 is 11.6 Å². The molecule has 0 aromatic heterocycles. The highest BCUT2D eigenvalue weighted by molar-refractivity contribution is 6.30. The molecule has 0 bridgehead atoms. The quantitative estimate of drug-likeness (QED) is 0.804. The highest BCUT2D eigenvalue weighted by Gasteiger charge is 2.16. The van der Waals surface area contributed by atoms with Gasteiger partial charge >= 0.3 is 5.97 Å². The average Bonchev–Trinajstić information content (AvgIpc) is 2.36. The molecule has 0 aliphatic rings. The van der Waals surface area contributed by atoms with E-state index < -0.39 is 5.97 Å². The van der Waals surface area contributed by atoms with E-state index in [1.54, 1.807) is 17.0 Å². The van der Waals surface area contributed by atoms with E-state index in [4.69, 9.17) is 16.7 Å². The number of carboxylic acids is 1. The number of nitrogens with one attached hydrogen (secondary N) is 1. The topological polar surface area (TPSA) is 69.6 Å². The van der Waals surface area contributed by atoms with Gasteiger partial charge in [-0.2, -0.15) is 0 Å². The number of amides is 1. The predicted molar refractivity (Wildman–Crippen MR) is 77.6 cm³/mol. The van der Waals surface area contributed by atoms with Gasteiger partial charge in [0.15, 0.2) is 0 Å². The molecule has 1 aromatic rings. The van der Waals surface area contributed by atoms with E-state index in [1.807, 2.05) is 26.0 Å². The van der Waals surface area contributed by atoms with Gasteiger partial charge in [-0.3, -0.25) is 14.5 Å². The van der Waals surface area contributed by atoms with Gasteiger partial charge in [0, 0.05) is 17.6 Å². The highest BCUT2D eigenvalue weighted by atomic mass is 35.5. The first-order chi connectivity index (χ1) is 9.38. The van der Waals surface area contributed by atoms with E-state index in [2.05, 4.69) is 5.32 Å². The Morgan fingerprint density at radius 3 is 2.35 bits per heavy atom. The number of carboxylic acid groups (broad SMARTS) is 1. The summed E-state index contributed by atoms with van der Waals surface area (Å²) in [4.78, 5) is 24.1. The molecule has 0 fully saturated rings. The summed E-state index contributed by atoms with van der Waals surface area (Å²) in [5.41, 5.74) is 0.942. The minimum absolute atomic E-state index is 0.00705. The fraction of sp³-hybridized carbons (Fsp3) is 0.429. The van der Waals surface area contributed by atoms with Crippen LogP contribution in [0.15, 0.2) is 24.3 Å². The summed E-state index contributed by atoms with van der Waals surface area (Å²) in [6.07, 6.45) is 0. The monoisotopic (exact) mass is 298 g/mol. The van der Waals surface area contributed by atoms with Crippen molar-refractivity contribution in [2.75, 3.05) is 13.1 Å². The Hall–Kier alpha value is -1.59. The lowest BCUT2D eigenvalue weighted by molar-refractivity contribution is -0.139. The van der Waals surface area contributed by atoms with Crippen molar-refractivity contribution in [3.8, 4) is 0 Å². The molecule has 110 valence electrons. The number of nitrogens with zero attached hydrogens (tertiary/aromatic N) is 1. The molecule has 0 aliphatic heterocycles. The van der Waals surface area contributed by atoms with Crippen LogP contribution < -0.4 is 5.32 Å². The molecule has 0 radical (unpaired) electrons. The van der Waals surface area contributed by atoms with E-state index in [0.29, 0.717) is 11.6 Å². The summed E-state index contributed by atoms with van der Waals surface area (Å²) in [5, 5.41) is 12.2. The van der Waals surface area contributed by atoms with Crippen LogP contribution in [0.25, 0.3) is 0 Å². The van der Waals surface area contributed by atoms with Gasteiger partial charge in [0.25, 0.3) is 0 Å². The SMILES string of the molecule is CC(C)N(CC(=O)O)CC(=O)NCc1ccc(Cl)cc1. The van der Waals surface area contributed by atoms with Crippen molar-refractivity contribution in [1.29, 1.82) is 0 Å². The second-order valence-corrected chi connectivity index (χ2v) is 5.23. The maximum atomic E-state index is 11.8. The van der Waals surface area contributed by atoms with Crippen molar-refractivity contribution < 1.29 is 14.7 Å². The fourth-order valence-electron chi connectivity index (χ4n) is 1.64. The van der Waals surface area contributed by atoms with Crippen molar-refractivity contribution in [3.63, 3.8) is 0 Å². The smallest absolute Gasteiger partial charge is 0.317 e. The van der Waals surface area contributed by atoms with E-state index in [0.717, 1.165) is 5.56 Å². The van der Waals surface area contributed by atoms with Gasteiger partial charge in [-0.15, -0.1) is 0 Å². The Balaban J connectivity index is 2.45. The number of rotatable bonds is 7. The normalized spacial score (nSPS) is 10.8. The van der Waals surface area contributed by atoms with Gasteiger partial charge in [-0.25, -0.2) is 0 Å². The largest absolute Gasteiger partial charge is 0.480 e. The van der Waals surface area contributed by atoms with Crippen molar-refractivity contribution >= 4 is 23.5 Å². The maximum Gasteiger partial charge on any atom is 0.317 e. The van der Waals surface area contributed by atoms with Crippen molar-refractivity contribution in [3.05, 3.63) is 34.9 Å². The van der Waals surface area contributed by atoms with Crippen LogP contribution in [0.1, 0.15) is 19.4 Å². The molecule has 20 heavy (non-hydrogen) atoms. The molecule has 2 N–H and O–H groups in total. The third-order valence-electron chi connectivity index (χ3n) is 2.82. The third kappa shape index (κ3) is 6.04. The van der Waals surface area contributed by atoms with Gasteiger partial charge < -0.3 is 10.4 Å². The molecule has 0 aliphatic carbocycles. The number of carbonyl (C=O) groups excluding carboxylic acids is 1. The summed E-state index contributed by atoms with van der Waals surface area (Å²) in [5.74, 6) is -1.14. The van der Waals surface area contributed by atoms with E-state index in [1.165, 1.54) is 0 Å². The number of carbonyl (C=O) groups is 2. The summed E-state index contributed by atoms with van der Waals surface area (Å²) in [7, 11) is 0. The third-order valence-corrected chi connectivity index (χ3v) is 3.07. The molecule has 1 rings (SSSR count). The molecule has 0 spiro atoms. The second-order valence-electron chi connectivity index (χ2n) is 4.80. The molecule has 0 atom stereocenters. The number of halogens is 1. The van der Waals surface area contributed by atoms with Gasteiger partial charge in [-0.05, 0) is 31.5 Å². The van der Waals surface area contributed by atoms with E-state index in [-0.39, 0.29) is 25.0 Å². The highest BCUT2D eigenvalue weighted by Crippen LogP contribution is 2.09. The zero-order chi connectivity index (χ0) is 15.1. The van der Waals surface area contributed by atoms with Gasteiger partial charge in [0.05, 0.1) is 13.1 Å². The molecule has 1 aromatic carbocycles. The van der Waals surface area contributed by atoms with Gasteiger partial charge in [0.1, 0.15) is 0 Å². The fourth-order valence-corrected chi connectivity index (χ4v) is 1.76. The van der Waals surface area contributed by atoms with E-state index >= 15 is 0 Å². The lowest BCUT2D eigenvalue weighted by atomic mass is 10.2. The minimum Gasteiger partial charge on any atom is -0.480 e. The van der Waals surface area contributed by atoms with Crippen LogP contribution in [0.5, 0.6) is 0 Å². The van der Waals surface area contributed by atoms with E-state index in [9.17, 15) is 9.59 Å². The number of aliphatic carboxylic acids is 1. The van der Waals surface area contributed by atoms with Crippen molar-refractivity contribution in [2.45, 2.75) is 26.4 Å². The Labute approximate surface area is 123 Å². The lowest BCUT2D eigenvalue weighted by Crippen LogP contribution is -2.43. The summed E-state index contributed by atoms with van der Waals surface area (Å²) in [6.45, 7) is 4.03. The lowest BCUT2D eigenvalue weighted by Gasteiger charge is -2.23. The zero-order valence-electron chi connectivity index (χ0n) is 11.6. The van der Waals surface area contributed by atoms with Crippen molar-refractivity contribution in [1.82, 2.24) is 10.2 Å². The number of hydrogen-bond donors (Lipinski definition) is 2. The number of hydrogen-bond acceptors (Lipinski definition) is 3. The Morgan fingerprint density at radius 2 is 1.85 bits per heavy atom.